The number of nitrogens with zero attached hydrogens (tertiary/aromatic N) is 3. The molecule has 0 fully saturated rings. The average Bonchev–Trinajstić information content (AvgIpc) is 2.70. The Kier molecular flexibility index (Phi) is 5.51. The van der Waals surface area contributed by atoms with Crippen LogP contribution in [0.2, 0.25) is 0 Å². The molecule has 0 aliphatic carbocycles. The first-order valence-electron chi connectivity index (χ1n) is 8.70. The molecule has 140 valence electrons. The monoisotopic (exact) mass is 374 g/mol. The zero-order valence-electron chi connectivity index (χ0n) is 15.5. The van der Waals surface area contributed by atoms with Gasteiger partial charge in [-0.25, -0.2) is 0 Å². The number of hydrogen-bond acceptors (Lipinski definition) is 5. The maximum Gasteiger partial charge on any atom is 0.269 e. The summed E-state index contributed by atoms with van der Waals surface area (Å²) < 4.78 is 7.20. The SMILES string of the molecule is CCNC(=O)/C(C#N)=C/c1c(Oc2ccccc2)nc2c(C)cccn2c1=O. The molecule has 0 unspecified atom stereocenters. The first kappa shape index (κ1) is 18.9. The van der Waals surface area contributed by atoms with Gasteiger partial charge in [-0.15, -0.1) is 0 Å². The van der Waals surface area contributed by atoms with Gasteiger partial charge in [0, 0.05) is 12.7 Å². The molecule has 1 N–H and O–H groups in total. The third-order valence-corrected chi connectivity index (χ3v) is 4.00. The maximum atomic E-state index is 13.1. The van der Waals surface area contributed by atoms with Crippen molar-refractivity contribution in [2.24, 2.45) is 0 Å². The van der Waals surface area contributed by atoms with Crippen molar-refractivity contribution in [3.8, 4) is 17.7 Å². The highest BCUT2D eigenvalue weighted by atomic mass is 16.5. The number of aromatic nitrogens is 2. The molecule has 2 aromatic heterocycles. The van der Waals surface area contributed by atoms with Gasteiger partial charge in [0.2, 0.25) is 5.88 Å². The Balaban J connectivity index is 2.25. The van der Waals surface area contributed by atoms with Crippen molar-refractivity contribution in [3.63, 3.8) is 0 Å². The molecule has 2 heterocycles. The number of fused-ring (bicyclic) bond motifs is 1. The van der Waals surface area contributed by atoms with Gasteiger partial charge in [0.1, 0.15) is 28.6 Å². The molecule has 3 aromatic rings. The second-order valence-corrected chi connectivity index (χ2v) is 5.96. The summed E-state index contributed by atoms with van der Waals surface area (Å²) in [7, 11) is 0. The average molecular weight is 374 g/mol. The van der Waals surface area contributed by atoms with Crippen LogP contribution in [0.3, 0.4) is 0 Å². The van der Waals surface area contributed by atoms with E-state index < -0.39 is 11.5 Å². The molecule has 1 aromatic carbocycles. The fourth-order valence-corrected chi connectivity index (χ4v) is 2.64. The highest BCUT2D eigenvalue weighted by molar-refractivity contribution is 6.01. The Labute approximate surface area is 161 Å². The molecule has 28 heavy (non-hydrogen) atoms. The number of rotatable bonds is 5. The Morgan fingerprint density at radius 3 is 2.71 bits per heavy atom. The van der Waals surface area contributed by atoms with Gasteiger partial charge in [-0.05, 0) is 43.7 Å². The van der Waals surface area contributed by atoms with Gasteiger partial charge in [0.05, 0.1) is 0 Å². The van der Waals surface area contributed by atoms with Crippen LogP contribution in [-0.4, -0.2) is 21.8 Å². The zero-order chi connectivity index (χ0) is 20.1. The van der Waals surface area contributed by atoms with Gasteiger partial charge < -0.3 is 10.1 Å². The van der Waals surface area contributed by atoms with Crippen molar-refractivity contribution >= 4 is 17.6 Å². The molecule has 0 radical (unpaired) electrons. The summed E-state index contributed by atoms with van der Waals surface area (Å²) in [5, 5.41) is 11.9. The first-order chi connectivity index (χ1) is 13.5. The molecular weight excluding hydrogens is 356 g/mol. The zero-order valence-corrected chi connectivity index (χ0v) is 15.5. The van der Waals surface area contributed by atoms with Gasteiger partial charge in [0.25, 0.3) is 11.5 Å². The standard InChI is InChI=1S/C21H18N4O3/c1-3-23-19(26)15(13-22)12-17-20(28-16-9-5-4-6-10-16)24-18-14(2)8-7-11-25(18)21(17)27/h4-12H,3H2,1-2H3,(H,23,26)/b15-12+. The lowest BCUT2D eigenvalue weighted by atomic mass is 10.1. The topological polar surface area (TPSA) is 96.5 Å². The number of nitrogens with one attached hydrogen (secondary N) is 1. The number of hydrogen-bond donors (Lipinski definition) is 1. The van der Waals surface area contributed by atoms with Crippen molar-refractivity contribution in [1.82, 2.24) is 14.7 Å². The van der Waals surface area contributed by atoms with Crippen LogP contribution in [0.4, 0.5) is 0 Å². The predicted octanol–water partition coefficient (Wildman–Crippen LogP) is 2.84. The number of para-hydroxylation sites is 1. The van der Waals surface area contributed by atoms with Crippen LogP contribution in [0.1, 0.15) is 18.1 Å². The van der Waals surface area contributed by atoms with E-state index in [1.54, 1.807) is 43.5 Å². The molecule has 0 atom stereocenters. The number of carbonyl (C=O) groups excluding carboxylic acids is 1. The van der Waals surface area contributed by atoms with Crippen LogP contribution in [0.25, 0.3) is 11.7 Å². The van der Waals surface area contributed by atoms with E-state index in [0.717, 1.165) is 5.56 Å². The third-order valence-electron chi connectivity index (χ3n) is 4.00. The van der Waals surface area contributed by atoms with Gasteiger partial charge in [0.15, 0.2) is 0 Å². The third kappa shape index (κ3) is 3.76. The minimum atomic E-state index is -0.565. The summed E-state index contributed by atoms with van der Waals surface area (Å²) in [6.45, 7) is 3.93. The van der Waals surface area contributed by atoms with E-state index in [4.69, 9.17) is 4.74 Å². The quantitative estimate of drug-likeness (QED) is 0.547. The molecule has 0 spiro atoms. The lowest BCUT2D eigenvalue weighted by molar-refractivity contribution is -0.116. The summed E-state index contributed by atoms with van der Waals surface area (Å²) in [4.78, 5) is 29.7. The molecule has 7 heteroatoms. The predicted molar refractivity (Wildman–Crippen MR) is 105 cm³/mol. The summed E-state index contributed by atoms with van der Waals surface area (Å²) in [5.74, 6) is -0.0505. The van der Waals surface area contributed by atoms with E-state index in [9.17, 15) is 14.9 Å². The lowest BCUT2D eigenvalue weighted by Gasteiger charge is -2.11. The largest absolute Gasteiger partial charge is 0.438 e. The van der Waals surface area contributed by atoms with Crippen LogP contribution in [0.5, 0.6) is 11.6 Å². The number of pyridine rings is 1. The van der Waals surface area contributed by atoms with Crippen LogP contribution < -0.4 is 15.6 Å². The van der Waals surface area contributed by atoms with Crippen molar-refractivity contribution < 1.29 is 9.53 Å². The van der Waals surface area contributed by atoms with E-state index >= 15 is 0 Å². The smallest absolute Gasteiger partial charge is 0.269 e. The fourth-order valence-electron chi connectivity index (χ4n) is 2.64. The van der Waals surface area contributed by atoms with E-state index in [2.05, 4.69) is 10.3 Å². The van der Waals surface area contributed by atoms with Crippen LogP contribution in [-0.2, 0) is 4.79 Å². The Morgan fingerprint density at radius 2 is 2.04 bits per heavy atom. The second-order valence-electron chi connectivity index (χ2n) is 5.96. The minimum absolute atomic E-state index is 0.0229. The number of aryl methyl sites for hydroxylation is 1. The highest BCUT2D eigenvalue weighted by Gasteiger charge is 2.17. The molecule has 0 aliphatic heterocycles. The number of amides is 1. The lowest BCUT2D eigenvalue weighted by Crippen LogP contribution is -2.25. The summed E-state index contributed by atoms with van der Waals surface area (Å²) >= 11 is 0. The van der Waals surface area contributed by atoms with E-state index in [0.29, 0.717) is 17.9 Å². The summed E-state index contributed by atoms with van der Waals surface area (Å²) in [6.07, 6.45) is 2.80. The Bertz CT molecular complexity index is 1160. The fraction of sp³-hybridized carbons (Fsp3) is 0.143. The highest BCUT2D eigenvalue weighted by Crippen LogP contribution is 2.24. The van der Waals surface area contributed by atoms with E-state index in [-0.39, 0.29) is 17.0 Å². The molecule has 0 saturated heterocycles. The molecule has 3 rings (SSSR count). The van der Waals surface area contributed by atoms with E-state index in [1.807, 2.05) is 25.1 Å². The second kappa shape index (κ2) is 8.18. The first-order valence-corrected chi connectivity index (χ1v) is 8.70. The molecule has 1 amide bonds. The molecule has 0 aliphatic rings. The van der Waals surface area contributed by atoms with Crippen LogP contribution in [0, 0.1) is 18.3 Å². The number of nitriles is 1. The van der Waals surface area contributed by atoms with E-state index in [1.165, 1.54) is 10.5 Å². The van der Waals surface area contributed by atoms with Gasteiger partial charge in [-0.1, -0.05) is 24.3 Å². The Hall–Kier alpha value is -3.92. The van der Waals surface area contributed by atoms with Crippen LogP contribution in [0.15, 0.2) is 59.0 Å². The minimum Gasteiger partial charge on any atom is -0.438 e. The van der Waals surface area contributed by atoms with Crippen molar-refractivity contribution in [2.75, 3.05) is 6.54 Å². The van der Waals surface area contributed by atoms with Crippen molar-refractivity contribution in [2.45, 2.75) is 13.8 Å². The maximum absolute atomic E-state index is 13.1. The van der Waals surface area contributed by atoms with Crippen LogP contribution >= 0.6 is 0 Å². The van der Waals surface area contributed by atoms with Gasteiger partial charge in [-0.2, -0.15) is 10.2 Å². The van der Waals surface area contributed by atoms with Crippen molar-refractivity contribution in [1.29, 1.82) is 5.26 Å². The van der Waals surface area contributed by atoms with Crippen molar-refractivity contribution in [3.05, 3.63) is 75.7 Å². The number of benzene rings is 1. The molecular formula is C21H18N4O3. The summed E-state index contributed by atoms with van der Waals surface area (Å²) in [6, 6.07) is 14.3. The Morgan fingerprint density at radius 1 is 1.29 bits per heavy atom. The molecule has 0 bridgehead atoms. The number of ether oxygens (including phenoxy) is 1. The molecule has 0 saturated carbocycles. The van der Waals surface area contributed by atoms with Gasteiger partial charge in [-0.3, -0.25) is 14.0 Å². The number of carbonyl (C=O) groups is 1. The number of likely N-dealkylation sites (N-methyl/N-ethyl adjacent to an activating group) is 1. The molecule has 7 nitrogen and oxygen atoms in total. The summed E-state index contributed by atoms with van der Waals surface area (Å²) in [5.41, 5.74) is 0.613. The normalized spacial score (nSPS) is 11.1. The van der Waals surface area contributed by atoms with Gasteiger partial charge >= 0.3 is 0 Å².